The number of piperidine rings is 1. The van der Waals surface area contributed by atoms with Gasteiger partial charge in [-0.1, -0.05) is 0 Å². The van der Waals surface area contributed by atoms with Crippen molar-refractivity contribution in [2.24, 2.45) is 0 Å². The topological polar surface area (TPSA) is 99.0 Å². The smallest absolute Gasteiger partial charge is 0.313 e. The lowest BCUT2D eigenvalue weighted by Gasteiger charge is -2.35. The van der Waals surface area contributed by atoms with Crippen molar-refractivity contribution in [2.75, 3.05) is 49.2 Å². The zero-order valence-electron chi connectivity index (χ0n) is 14.8. The summed E-state index contributed by atoms with van der Waals surface area (Å²) in [4.78, 5) is 24.9. The summed E-state index contributed by atoms with van der Waals surface area (Å²) in [5.41, 5.74) is -0.490. The van der Waals surface area contributed by atoms with Gasteiger partial charge in [0.05, 0.1) is 24.7 Å². The molecule has 0 aromatic carbocycles. The number of carbonyl (C=O) groups is 1. The summed E-state index contributed by atoms with van der Waals surface area (Å²) in [6, 6.07) is 0. The van der Waals surface area contributed by atoms with E-state index in [-0.39, 0.29) is 6.10 Å². The molecule has 3 rings (SSSR count). The number of carboxylic acid groups (broad SMARTS) is 1. The molecule has 2 fully saturated rings. The second-order valence-corrected chi connectivity index (χ2v) is 7.18. The van der Waals surface area contributed by atoms with Crippen LogP contribution < -0.4 is 9.80 Å². The highest BCUT2D eigenvalue weighted by Gasteiger charge is 2.35. The van der Waals surface area contributed by atoms with Crippen LogP contribution in [0.4, 0.5) is 11.8 Å². The third-order valence-electron chi connectivity index (χ3n) is 4.95. The molecule has 2 N–H and O–H groups in total. The minimum absolute atomic E-state index is 0.376. The van der Waals surface area contributed by atoms with E-state index in [1.54, 1.807) is 20.0 Å². The van der Waals surface area contributed by atoms with Crippen molar-refractivity contribution in [3.8, 4) is 0 Å². The second-order valence-electron chi connectivity index (χ2n) is 7.18. The number of hydrogen-bond acceptors (Lipinski definition) is 7. The molecule has 0 saturated carbocycles. The molecule has 8 heteroatoms. The van der Waals surface area contributed by atoms with Crippen LogP contribution in [0, 0.1) is 0 Å². The zero-order chi connectivity index (χ0) is 18.0. The quantitative estimate of drug-likeness (QED) is 0.816. The van der Waals surface area contributed by atoms with Crippen LogP contribution in [0.1, 0.15) is 32.3 Å². The Morgan fingerprint density at radius 1 is 1.28 bits per heavy atom. The van der Waals surface area contributed by atoms with Gasteiger partial charge in [-0.05, 0) is 26.7 Å². The molecule has 25 heavy (non-hydrogen) atoms. The van der Waals surface area contributed by atoms with Gasteiger partial charge in [-0.3, -0.25) is 4.79 Å². The maximum Gasteiger partial charge on any atom is 0.313 e. The molecule has 8 nitrogen and oxygen atoms in total. The molecular weight excluding hydrogens is 324 g/mol. The molecule has 3 heterocycles. The average Bonchev–Trinajstić information content (AvgIpc) is 2.62. The number of aliphatic hydroxyl groups is 1. The summed E-state index contributed by atoms with van der Waals surface area (Å²) in [5, 5.41) is 19.5. The number of nitrogens with zero attached hydrogens (tertiary/aromatic N) is 4. The molecule has 0 spiro atoms. The van der Waals surface area contributed by atoms with Gasteiger partial charge < -0.3 is 24.7 Å². The maximum atomic E-state index is 11.7. The van der Waals surface area contributed by atoms with Crippen LogP contribution in [0.15, 0.2) is 6.20 Å². The minimum atomic E-state index is -1.09. The summed E-state index contributed by atoms with van der Waals surface area (Å²) >= 11 is 0. The van der Waals surface area contributed by atoms with Gasteiger partial charge in [0.15, 0.2) is 0 Å². The highest BCUT2D eigenvalue weighted by Crippen LogP contribution is 2.33. The molecule has 1 aromatic rings. The molecular formula is C17H26N4O4. The molecule has 2 aliphatic rings. The van der Waals surface area contributed by atoms with Crippen LogP contribution in [0.2, 0.25) is 0 Å². The summed E-state index contributed by atoms with van der Waals surface area (Å²) in [6.45, 7) is 7.16. The Hall–Kier alpha value is -1.93. The van der Waals surface area contributed by atoms with Crippen molar-refractivity contribution in [2.45, 2.75) is 38.2 Å². The Kier molecular flexibility index (Phi) is 5.10. The SMILES string of the molecule is CC(C)(C(=O)O)c1cnc(N2CCC[C@@H](O)C2)nc1N1CCOCC1. The van der Waals surface area contributed by atoms with Gasteiger partial charge in [0, 0.05) is 37.9 Å². The lowest BCUT2D eigenvalue weighted by molar-refractivity contribution is -0.142. The van der Waals surface area contributed by atoms with Gasteiger partial charge in [0.2, 0.25) is 5.95 Å². The number of rotatable bonds is 4. The summed E-state index contributed by atoms with van der Waals surface area (Å²) in [6.07, 6.45) is 2.93. The highest BCUT2D eigenvalue weighted by atomic mass is 16.5. The van der Waals surface area contributed by atoms with E-state index in [1.165, 1.54) is 0 Å². The van der Waals surface area contributed by atoms with Crippen LogP contribution in [0.25, 0.3) is 0 Å². The average molecular weight is 350 g/mol. The maximum absolute atomic E-state index is 11.7. The summed E-state index contributed by atoms with van der Waals surface area (Å²) < 4.78 is 5.41. The van der Waals surface area contributed by atoms with Crippen molar-refractivity contribution >= 4 is 17.7 Å². The lowest BCUT2D eigenvalue weighted by Crippen LogP contribution is -2.42. The molecule has 138 valence electrons. The fraction of sp³-hybridized carbons (Fsp3) is 0.706. The van der Waals surface area contributed by atoms with E-state index in [0.717, 1.165) is 19.4 Å². The van der Waals surface area contributed by atoms with E-state index in [9.17, 15) is 15.0 Å². The van der Waals surface area contributed by atoms with E-state index < -0.39 is 11.4 Å². The Balaban J connectivity index is 1.99. The molecule has 1 aromatic heterocycles. The minimum Gasteiger partial charge on any atom is -0.481 e. The van der Waals surface area contributed by atoms with Crippen molar-refractivity contribution in [1.29, 1.82) is 0 Å². The third-order valence-corrected chi connectivity index (χ3v) is 4.95. The predicted molar refractivity (Wildman–Crippen MR) is 93.2 cm³/mol. The van der Waals surface area contributed by atoms with Crippen molar-refractivity contribution in [3.05, 3.63) is 11.8 Å². The zero-order valence-corrected chi connectivity index (χ0v) is 14.8. The monoisotopic (exact) mass is 350 g/mol. The number of β-amino-alcohol motifs (C(OH)–C–C–N with tert-alkyl or cyclic N) is 1. The lowest BCUT2D eigenvalue weighted by atomic mass is 9.85. The Labute approximate surface area is 147 Å². The molecule has 2 saturated heterocycles. The first-order valence-corrected chi connectivity index (χ1v) is 8.76. The first-order chi connectivity index (χ1) is 11.9. The van der Waals surface area contributed by atoms with Gasteiger partial charge in [-0.2, -0.15) is 4.98 Å². The normalized spacial score (nSPS) is 22.1. The van der Waals surface area contributed by atoms with Crippen LogP contribution in [-0.4, -0.2) is 71.6 Å². The number of carboxylic acids is 1. The number of aliphatic carboxylic acids is 1. The number of aliphatic hydroxyl groups excluding tert-OH is 1. The van der Waals surface area contributed by atoms with Gasteiger partial charge in [-0.25, -0.2) is 4.98 Å². The molecule has 0 bridgehead atoms. The fourth-order valence-corrected chi connectivity index (χ4v) is 3.22. The van der Waals surface area contributed by atoms with E-state index in [1.807, 2.05) is 4.90 Å². The van der Waals surface area contributed by atoms with Crippen LogP contribution >= 0.6 is 0 Å². The number of morpholine rings is 1. The Morgan fingerprint density at radius 2 is 2.00 bits per heavy atom. The van der Waals surface area contributed by atoms with Crippen molar-refractivity contribution in [3.63, 3.8) is 0 Å². The molecule has 2 aliphatic heterocycles. The first kappa shape index (κ1) is 17.9. The fourth-order valence-electron chi connectivity index (χ4n) is 3.22. The van der Waals surface area contributed by atoms with Crippen molar-refractivity contribution < 1.29 is 19.7 Å². The Morgan fingerprint density at radius 3 is 2.64 bits per heavy atom. The van der Waals surface area contributed by atoms with E-state index in [0.29, 0.717) is 50.2 Å². The van der Waals surface area contributed by atoms with E-state index >= 15 is 0 Å². The highest BCUT2D eigenvalue weighted by molar-refractivity contribution is 5.82. The van der Waals surface area contributed by atoms with Crippen LogP contribution in [-0.2, 0) is 14.9 Å². The van der Waals surface area contributed by atoms with Crippen LogP contribution in [0.3, 0.4) is 0 Å². The standard InChI is InChI=1S/C17H26N4O4/c1-17(2,15(23)24)13-10-18-16(21-5-3-4-12(22)11-21)19-14(13)20-6-8-25-9-7-20/h10,12,22H,3-9,11H2,1-2H3,(H,23,24)/t12-/m1/s1. The van der Waals surface area contributed by atoms with Gasteiger partial charge in [0.1, 0.15) is 5.82 Å². The number of ether oxygens (including phenoxy) is 1. The predicted octanol–water partition coefficient (Wildman–Crippen LogP) is 0.636. The summed E-state index contributed by atoms with van der Waals surface area (Å²) in [5.74, 6) is 0.290. The van der Waals surface area contributed by atoms with E-state index in [4.69, 9.17) is 9.72 Å². The van der Waals surface area contributed by atoms with Crippen molar-refractivity contribution in [1.82, 2.24) is 9.97 Å². The molecule has 1 atom stereocenters. The number of hydrogen-bond donors (Lipinski definition) is 2. The Bertz CT molecular complexity index is 631. The molecule has 0 aliphatic carbocycles. The van der Waals surface area contributed by atoms with Gasteiger partial charge in [0.25, 0.3) is 0 Å². The van der Waals surface area contributed by atoms with E-state index in [2.05, 4.69) is 9.88 Å². The number of aromatic nitrogens is 2. The molecule has 0 radical (unpaired) electrons. The summed E-state index contributed by atoms with van der Waals surface area (Å²) in [7, 11) is 0. The first-order valence-electron chi connectivity index (χ1n) is 8.76. The number of anilines is 2. The van der Waals surface area contributed by atoms with Crippen LogP contribution in [0.5, 0.6) is 0 Å². The van der Waals surface area contributed by atoms with Gasteiger partial charge >= 0.3 is 5.97 Å². The third kappa shape index (κ3) is 3.69. The molecule has 0 unspecified atom stereocenters. The largest absolute Gasteiger partial charge is 0.481 e. The molecule has 0 amide bonds. The van der Waals surface area contributed by atoms with Gasteiger partial charge in [-0.15, -0.1) is 0 Å². The second kappa shape index (κ2) is 7.13.